The zero-order chi connectivity index (χ0) is 25.3. The van der Waals surface area contributed by atoms with Crippen LogP contribution in [0.5, 0.6) is 0 Å². The first-order valence-electron chi connectivity index (χ1n) is 10.1. The monoisotopic (exact) mass is 474 g/mol. The van der Waals surface area contributed by atoms with Crippen LogP contribution >= 0.6 is 0 Å². The summed E-state index contributed by atoms with van der Waals surface area (Å²) < 4.78 is 15.4. The Kier molecular flexibility index (Phi) is 10.0. The Bertz CT molecular complexity index is 797. The second kappa shape index (κ2) is 12.0. The van der Waals surface area contributed by atoms with E-state index in [0.29, 0.717) is 0 Å². The van der Waals surface area contributed by atoms with E-state index in [1.54, 1.807) is 0 Å². The summed E-state index contributed by atoms with van der Waals surface area (Å²) >= 11 is 0. The number of carboxylic acids is 1. The third-order valence-corrected chi connectivity index (χ3v) is 4.74. The molecule has 0 radical (unpaired) electrons. The number of amides is 1. The van der Waals surface area contributed by atoms with E-state index in [4.69, 9.17) is 25.7 Å². The smallest absolute Gasteiger partial charge is 0.326 e. The Balaban J connectivity index is 3.17. The maximum atomic E-state index is 13.1. The van der Waals surface area contributed by atoms with E-state index in [1.165, 1.54) is 0 Å². The van der Waals surface area contributed by atoms with Crippen molar-refractivity contribution in [2.45, 2.75) is 76.4 Å². The third-order valence-electron chi connectivity index (χ3n) is 4.74. The summed E-state index contributed by atoms with van der Waals surface area (Å²) in [5.74, 6) is -5.03. The van der Waals surface area contributed by atoms with E-state index in [1.807, 2.05) is 0 Å². The van der Waals surface area contributed by atoms with Crippen LogP contribution in [0.3, 0.4) is 0 Å². The number of aliphatic hydroxyl groups excluding tert-OH is 1. The molecule has 1 fully saturated rings. The Morgan fingerprint density at radius 1 is 1.06 bits per heavy atom. The fraction of sp³-hybridized carbons (Fsp3) is 0.684. The molecule has 1 rings (SSSR count). The van der Waals surface area contributed by atoms with Crippen molar-refractivity contribution in [3.63, 3.8) is 0 Å². The molecule has 0 aromatic rings. The largest absolute Gasteiger partial charge is 0.480 e. The number of carbonyl (C=O) groups excluding carboxylic acids is 4. The summed E-state index contributed by atoms with van der Waals surface area (Å²) in [5, 5.41) is 22.3. The predicted molar refractivity (Wildman–Crippen MR) is 110 cm³/mol. The van der Waals surface area contributed by atoms with Gasteiger partial charge in [-0.15, -0.1) is 0 Å². The molecule has 0 aliphatic heterocycles. The van der Waals surface area contributed by atoms with Crippen LogP contribution in [0.2, 0.25) is 0 Å². The first-order valence-corrected chi connectivity index (χ1v) is 10.1. The molecule has 14 nitrogen and oxygen atoms in total. The number of ether oxygens (including phenoxy) is 3. The standard InChI is InChI=1S/C19H30N4O10/c1-9(24)31-14-8-19(33-11(3)26,7-13(27)15(14)32-10(2)25)17(30)23-12(16(28)29)5-4-6-22-18(20)21/h12-15,27H,4-8H2,1-3H3,(H,23,30)(H,28,29)(H4,20,21,22)/t12-,13?,14?,15+,19-/m0/s1. The molecule has 1 saturated carbocycles. The molecule has 0 spiro atoms. The van der Waals surface area contributed by atoms with Crippen molar-refractivity contribution >= 4 is 35.7 Å². The molecule has 0 saturated heterocycles. The molecule has 0 aromatic carbocycles. The van der Waals surface area contributed by atoms with Crippen LogP contribution < -0.4 is 16.8 Å². The van der Waals surface area contributed by atoms with Crippen LogP contribution in [0.1, 0.15) is 46.5 Å². The predicted octanol–water partition coefficient (Wildman–Crippen LogP) is -2.07. The molecule has 1 aliphatic carbocycles. The molecular weight excluding hydrogens is 444 g/mol. The van der Waals surface area contributed by atoms with Gasteiger partial charge in [-0.25, -0.2) is 4.79 Å². The number of esters is 3. The minimum absolute atomic E-state index is 0.0556. The number of guanidine groups is 1. The molecule has 33 heavy (non-hydrogen) atoms. The average molecular weight is 474 g/mol. The number of hydrogen-bond acceptors (Lipinski definition) is 10. The summed E-state index contributed by atoms with van der Waals surface area (Å²) in [6, 6.07) is -1.39. The molecule has 5 atom stereocenters. The van der Waals surface area contributed by atoms with Crippen molar-refractivity contribution in [2.24, 2.45) is 16.5 Å². The van der Waals surface area contributed by atoms with Gasteiger partial charge >= 0.3 is 23.9 Å². The maximum absolute atomic E-state index is 13.1. The number of aliphatic imine (C=N–C) groups is 1. The van der Waals surface area contributed by atoms with Crippen LogP contribution in [-0.2, 0) is 38.2 Å². The van der Waals surface area contributed by atoms with E-state index < -0.39 is 72.6 Å². The number of nitrogens with two attached hydrogens (primary N) is 2. The van der Waals surface area contributed by atoms with Gasteiger partial charge in [-0.1, -0.05) is 0 Å². The Morgan fingerprint density at radius 3 is 2.15 bits per heavy atom. The number of aliphatic hydroxyl groups is 1. The van der Waals surface area contributed by atoms with Gasteiger partial charge in [0.2, 0.25) is 0 Å². The molecule has 186 valence electrons. The molecule has 14 heteroatoms. The minimum atomic E-state index is -2.09. The Labute approximate surface area is 189 Å². The normalized spacial score (nSPS) is 25.2. The second-order valence-corrected chi connectivity index (χ2v) is 7.60. The Morgan fingerprint density at radius 2 is 1.67 bits per heavy atom. The summed E-state index contributed by atoms with van der Waals surface area (Å²) in [6.07, 6.45) is -5.09. The average Bonchev–Trinajstić information content (AvgIpc) is 2.65. The first kappa shape index (κ1) is 27.6. The highest BCUT2D eigenvalue weighted by molar-refractivity contribution is 5.91. The van der Waals surface area contributed by atoms with Crippen molar-refractivity contribution in [3.05, 3.63) is 0 Å². The highest BCUT2D eigenvalue weighted by Gasteiger charge is 2.55. The van der Waals surface area contributed by atoms with E-state index in [2.05, 4.69) is 10.3 Å². The lowest BCUT2D eigenvalue weighted by Gasteiger charge is -2.44. The zero-order valence-corrected chi connectivity index (χ0v) is 18.6. The lowest BCUT2D eigenvalue weighted by atomic mass is 9.78. The van der Waals surface area contributed by atoms with Gasteiger partial charge < -0.3 is 41.2 Å². The SMILES string of the molecule is CC(=O)OC1C[C@](OC(C)=O)(C(=O)N[C@@H](CCCN=C(N)N)C(=O)O)CC(O)[C@H]1OC(C)=O. The molecule has 7 N–H and O–H groups in total. The van der Waals surface area contributed by atoms with Gasteiger partial charge in [0.05, 0.1) is 6.10 Å². The number of carboxylic acid groups (broad SMARTS) is 1. The van der Waals surface area contributed by atoms with Gasteiger partial charge in [0.1, 0.15) is 12.1 Å². The highest BCUT2D eigenvalue weighted by atomic mass is 16.6. The van der Waals surface area contributed by atoms with E-state index in [0.717, 1.165) is 20.8 Å². The third kappa shape index (κ3) is 8.56. The van der Waals surface area contributed by atoms with Crippen LogP contribution in [0, 0.1) is 0 Å². The number of nitrogens with zero attached hydrogens (tertiary/aromatic N) is 1. The van der Waals surface area contributed by atoms with Crippen LogP contribution in [0.25, 0.3) is 0 Å². The number of nitrogens with one attached hydrogen (secondary N) is 1. The van der Waals surface area contributed by atoms with Gasteiger partial charge in [0, 0.05) is 40.2 Å². The molecule has 2 unspecified atom stereocenters. The summed E-state index contributed by atoms with van der Waals surface area (Å²) in [4.78, 5) is 63.3. The summed E-state index contributed by atoms with van der Waals surface area (Å²) in [6.45, 7) is 3.28. The maximum Gasteiger partial charge on any atom is 0.326 e. The fourth-order valence-corrected chi connectivity index (χ4v) is 3.54. The van der Waals surface area contributed by atoms with Crippen molar-refractivity contribution in [1.82, 2.24) is 5.32 Å². The summed E-state index contributed by atoms with van der Waals surface area (Å²) in [7, 11) is 0. The van der Waals surface area contributed by atoms with Gasteiger partial charge in [-0.05, 0) is 12.8 Å². The molecule has 0 bridgehead atoms. The lowest BCUT2D eigenvalue weighted by Crippen LogP contribution is -2.63. The Hall–Kier alpha value is -3.42. The lowest BCUT2D eigenvalue weighted by molar-refractivity contribution is -0.209. The van der Waals surface area contributed by atoms with Crippen molar-refractivity contribution < 1.29 is 48.4 Å². The molecular formula is C19H30N4O10. The van der Waals surface area contributed by atoms with E-state index >= 15 is 0 Å². The van der Waals surface area contributed by atoms with Gasteiger partial charge in [-0.2, -0.15) is 0 Å². The number of rotatable bonds is 10. The van der Waals surface area contributed by atoms with Crippen LogP contribution in [0.15, 0.2) is 4.99 Å². The van der Waals surface area contributed by atoms with Crippen molar-refractivity contribution in [2.75, 3.05) is 6.54 Å². The minimum Gasteiger partial charge on any atom is -0.480 e. The van der Waals surface area contributed by atoms with E-state index in [9.17, 15) is 34.2 Å². The van der Waals surface area contributed by atoms with Crippen LogP contribution in [0.4, 0.5) is 0 Å². The van der Waals surface area contributed by atoms with E-state index in [-0.39, 0.29) is 25.3 Å². The number of carbonyl (C=O) groups is 5. The molecule has 0 heterocycles. The topological polar surface area (TPSA) is 230 Å². The zero-order valence-electron chi connectivity index (χ0n) is 18.6. The highest BCUT2D eigenvalue weighted by Crippen LogP contribution is 2.36. The summed E-state index contributed by atoms with van der Waals surface area (Å²) in [5.41, 5.74) is 8.34. The fourth-order valence-electron chi connectivity index (χ4n) is 3.54. The van der Waals surface area contributed by atoms with Crippen molar-refractivity contribution in [3.8, 4) is 0 Å². The second-order valence-electron chi connectivity index (χ2n) is 7.60. The van der Waals surface area contributed by atoms with Gasteiger partial charge in [-0.3, -0.25) is 24.2 Å². The van der Waals surface area contributed by atoms with Crippen molar-refractivity contribution in [1.29, 1.82) is 0 Å². The number of hydrogen-bond donors (Lipinski definition) is 5. The molecule has 1 amide bonds. The quantitative estimate of drug-likeness (QED) is 0.0755. The van der Waals surface area contributed by atoms with Gasteiger partial charge in [0.15, 0.2) is 17.7 Å². The van der Waals surface area contributed by atoms with Crippen LogP contribution in [-0.4, -0.2) is 82.5 Å². The number of aliphatic carboxylic acids is 1. The molecule has 1 aliphatic rings. The first-order chi connectivity index (χ1) is 15.3. The molecule has 0 aromatic heterocycles. The van der Waals surface area contributed by atoms with Gasteiger partial charge in [0.25, 0.3) is 5.91 Å².